The average Bonchev–Trinajstić information content (AvgIpc) is 3.53. The molecule has 10 heteroatoms. The molecule has 0 saturated heterocycles. The van der Waals surface area contributed by atoms with Crippen molar-refractivity contribution in [1.82, 2.24) is 34.3 Å². The van der Waals surface area contributed by atoms with E-state index in [4.69, 9.17) is 5.73 Å². The number of anilines is 1. The van der Waals surface area contributed by atoms with Crippen LogP contribution in [0.4, 0.5) is 5.82 Å². The number of amides is 1. The van der Waals surface area contributed by atoms with Gasteiger partial charge in [-0.15, -0.1) is 5.10 Å². The Kier molecular flexibility index (Phi) is 6.56. The van der Waals surface area contributed by atoms with Crippen LogP contribution in [0.1, 0.15) is 78.3 Å². The van der Waals surface area contributed by atoms with E-state index < -0.39 is 11.9 Å². The predicted octanol–water partition coefficient (Wildman–Crippen LogP) is 3.76. The number of fused-ring (bicyclic) bond motifs is 2. The van der Waals surface area contributed by atoms with Crippen molar-refractivity contribution >= 4 is 28.1 Å². The highest BCUT2D eigenvalue weighted by molar-refractivity contribution is 6.04. The summed E-state index contributed by atoms with van der Waals surface area (Å²) < 4.78 is 5.07. The molecule has 0 unspecified atom stereocenters. The first-order valence-corrected chi connectivity index (χ1v) is 13.5. The zero-order valence-corrected chi connectivity index (χ0v) is 22.5. The summed E-state index contributed by atoms with van der Waals surface area (Å²) in [6, 6.07) is 8.99. The van der Waals surface area contributed by atoms with Crippen LogP contribution >= 0.6 is 0 Å². The number of nitrogen functional groups attached to an aromatic ring is 1. The minimum Gasteiger partial charge on any atom is -0.381 e. The fourth-order valence-corrected chi connectivity index (χ4v) is 5.64. The van der Waals surface area contributed by atoms with Gasteiger partial charge in [0.25, 0.3) is 11.5 Å². The Morgan fingerprint density at radius 3 is 2.77 bits per heavy atom. The van der Waals surface area contributed by atoms with Crippen LogP contribution in [-0.4, -0.2) is 34.9 Å². The summed E-state index contributed by atoms with van der Waals surface area (Å²) >= 11 is 0. The van der Waals surface area contributed by atoms with E-state index in [0.717, 1.165) is 48.7 Å². The first-order chi connectivity index (χ1) is 19.4. The number of pyridine rings is 1. The Hall–Kier alpha value is -4.91. The summed E-state index contributed by atoms with van der Waals surface area (Å²) in [4.78, 5) is 32.0. The largest absolute Gasteiger partial charge is 0.381 e. The second kappa shape index (κ2) is 10.3. The first-order valence-electron chi connectivity index (χ1n) is 13.5. The number of nitrogens with one attached hydrogen (secondary N) is 1. The molecule has 0 aliphatic heterocycles. The number of carbonyl (C=O) groups is 1. The molecule has 1 aromatic carbocycles. The summed E-state index contributed by atoms with van der Waals surface area (Å²) in [7, 11) is 1.84. The Balaban J connectivity index is 1.44. The number of hydrogen-bond donors (Lipinski definition) is 2. The summed E-state index contributed by atoms with van der Waals surface area (Å²) in [5.74, 6) is 6.04. The van der Waals surface area contributed by atoms with Crippen LogP contribution in [0, 0.1) is 11.8 Å². The van der Waals surface area contributed by atoms with E-state index >= 15 is 0 Å². The molecule has 0 radical (unpaired) electrons. The van der Waals surface area contributed by atoms with Gasteiger partial charge in [0, 0.05) is 42.9 Å². The molecule has 3 N–H and O–H groups in total. The SMILES string of the molecule is C[C@@H](NC(=O)c1c(N)nn2cccnc12)c1cc2cccc(C#Cc3cnn(C)c3)c2c(=O)n1C1CCCCC1. The quantitative estimate of drug-likeness (QED) is 0.338. The molecule has 202 valence electrons. The molecular formula is C30H30N8O2. The van der Waals surface area contributed by atoms with Gasteiger partial charge in [0.05, 0.1) is 23.2 Å². The summed E-state index contributed by atoms with van der Waals surface area (Å²) in [5.41, 5.74) is 8.80. The molecule has 40 heavy (non-hydrogen) atoms. The minimum atomic E-state index is -0.477. The van der Waals surface area contributed by atoms with E-state index in [1.807, 2.05) is 49.0 Å². The minimum absolute atomic E-state index is 0.0445. The maximum absolute atomic E-state index is 14.3. The second-order valence-corrected chi connectivity index (χ2v) is 10.3. The van der Waals surface area contributed by atoms with Gasteiger partial charge in [-0.25, -0.2) is 9.50 Å². The van der Waals surface area contributed by atoms with E-state index in [1.165, 1.54) is 4.52 Å². The van der Waals surface area contributed by atoms with E-state index in [2.05, 4.69) is 32.3 Å². The molecule has 4 aromatic heterocycles. The van der Waals surface area contributed by atoms with Crippen LogP contribution in [0.15, 0.2) is 59.9 Å². The number of hydrogen-bond acceptors (Lipinski definition) is 6. The lowest BCUT2D eigenvalue weighted by molar-refractivity contribution is 0.0940. The number of nitrogens with two attached hydrogens (primary N) is 1. The van der Waals surface area contributed by atoms with Crippen molar-refractivity contribution in [2.75, 3.05) is 5.73 Å². The molecule has 1 aliphatic carbocycles. The highest BCUT2D eigenvalue weighted by Gasteiger charge is 2.26. The maximum Gasteiger partial charge on any atom is 0.260 e. The topological polar surface area (TPSA) is 125 Å². The third-order valence-electron chi connectivity index (χ3n) is 7.54. The van der Waals surface area contributed by atoms with Gasteiger partial charge < -0.3 is 15.6 Å². The summed E-state index contributed by atoms with van der Waals surface area (Å²) in [6.07, 6.45) is 11.9. The van der Waals surface area contributed by atoms with Crippen LogP contribution in [-0.2, 0) is 7.05 Å². The smallest absolute Gasteiger partial charge is 0.260 e. The van der Waals surface area contributed by atoms with E-state index in [9.17, 15) is 9.59 Å². The summed E-state index contributed by atoms with van der Waals surface area (Å²) in [6.45, 7) is 1.89. The number of carbonyl (C=O) groups excluding carboxylic acids is 1. The molecular weight excluding hydrogens is 504 g/mol. The number of nitrogens with zero attached hydrogens (tertiary/aromatic N) is 6. The molecule has 4 heterocycles. The van der Waals surface area contributed by atoms with Crippen molar-refractivity contribution in [2.45, 2.75) is 51.1 Å². The molecule has 1 saturated carbocycles. The van der Waals surface area contributed by atoms with Gasteiger partial charge >= 0.3 is 0 Å². The molecule has 6 rings (SSSR count). The zero-order chi connectivity index (χ0) is 27.8. The Morgan fingerprint density at radius 2 is 2.00 bits per heavy atom. The third-order valence-corrected chi connectivity index (χ3v) is 7.54. The Labute approximate surface area is 230 Å². The molecule has 5 aromatic rings. The van der Waals surface area contributed by atoms with Crippen molar-refractivity contribution in [3.8, 4) is 11.8 Å². The van der Waals surface area contributed by atoms with Gasteiger partial charge in [-0.1, -0.05) is 43.2 Å². The van der Waals surface area contributed by atoms with Crippen LogP contribution in [0.25, 0.3) is 16.4 Å². The van der Waals surface area contributed by atoms with Crippen LogP contribution in [0.3, 0.4) is 0 Å². The van der Waals surface area contributed by atoms with Crippen molar-refractivity contribution in [3.05, 3.63) is 87.9 Å². The lowest BCUT2D eigenvalue weighted by Crippen LogP contribution is -2.35. The normalized spacial score (nSPS) is 14.7. The lowest BCUT2D eigenvalue weighted by atomic mass is 9.93. The van der Waals surface area contributed by atoms with Crippen molar-refractivity contribution < 1.29 is 4.79 Å². The van der Waals surface area contributed by atoms with Crippen LogP contribution < -0.4 is 16.6 Å². The third kappa shape index (κ3) is 4.60. The number of benzene rings is 1. The Morgan fingerprint density at radius 1 is 1.18 bits per heavy atom. The average molecular weight is 535 g/mol. The predicted molar refractivity (Wildman–Crippen MR) is 153 cm³/mol. The summed E-state index contributed by atoms with van der Waals surface area (Å²) in [5, 5.41) is 12.8. The fraction of sp³-hybridized carbons (Fsp3) is 0.300. The highest BCUT2D eigenvalue weighted by Crippen LogP contribution is 2.31. The zero-order valence-electron chi connectivity index (χ0n) is 22.5. The molecule has 0 bridgehead atoms. The van der Waals surface area contributed by atoms with Crippen molar-refractivity contribution in [2.24, 2.45) is 7.05 Å². The lowest BCUT2D eigenvalue weighted by Gasteiger charge is -2.29. The monoisotopic (exact) mass is 534 g/mol. The van der Waals surface area contributed by atoms with Crippen LogP contribution in [0.2, 0.25) is 0 Å². The number of aryl methyl sites for hydroxylation is 1. The van der Waals surface area contributed by atoms with Gasteiger partial charge in [0.1, 0.15) is 5.56 Å². The van der Waals surface area contributed by atoms with Gasteiger partial charge in [-0.2, -0.15) is 5.10 Å². The van der Waals surface area contributed by atoms with E-state index in [0.29, 0.717) is 16.6 Å². The molecule has 1 aliphatic rings. The van der Waals surface area contributed by atoms with Crippen molar-refractivity contribution in [1.29, 1.82) is 0 Å². The molecule has 1 amide bonds. The second-order valence-electron chi connectivity index (χ2n) is 10.3. The molecule has 1 atom stereocenters. The van der Waals surface area contributed by atoms with Gasteiger partial charge in [0.15, 0.2) is 11.5 Å². The van der Waals surface area contributed by atoms with Gasteiger partial charge in [-0.3, -0.25) is 14.3 Å². The fourth-order valence-electron chi connectivity index (χ4n) is 5.64. The first kappa shape index (κ1) is 25.4. The standard InChI is InChI=1S/C30H30N8O2/c1-19(34-29(39)26-27(31)35-37-15-7-14-32-28(26)37)24-16-22-9-6-8-21(13-12-20-17-33-36(2)18-20)25(22)30(40)38(24)23-10-4-3-5-11-23/h6-9,14-19,23H,3-5,10-11H2,1-2H3,(H2,31,35)(H,34,39)/t19-/m1/s1. The van der Waals surface area contributed by atoms with Crippen LogP contribution in [0.5, 0.6) is 0 Å². The molecule has 10 nitrogen and oxygen atoms in total. The van der Waals surface area contributed by atoms with Gasteiger partial charge in [-0.05, 0) is 43.4 Å². The Bertz CT molecular complexity index is 1860. The van der Waals surface area contributed by atoms with Gasteiger partial charge in [0.2, 0.25) is 0 Å². The maximum atomic E-state index is 14.3. The number of aromatic nitrogens is 6. The van der Waals surface area contributed by atoms with Crippen molar-refractivity contribution in [3.63, 3.8) is 0 Å². The highest BCUT2D eigenvalue weighted by atomic mass is 16.2. The molecule has 1 fully saturated rings. The number of rotatable bonds is 4. The van der Waals surface area contributed by atoms with E-state index in [1.54, 1.807) is 29.3 Å². The van der Waals surface area contributed by atoms with E-state index in [-0.39, 0.29) is 23.0 Å². The molecule has 0 spiro atoms.